The second kappa shape index (κ2) is 13.2. The Morgan fingerprint density at radius 1 is 0.232 bits per heavy atom. The van der Waals surface area contributed by atoms with Crippen molar-refractivity contribution in [2.24, 2.45) is 0 Å². The summed E-state index contributed by atoms with van der Waals surface area (Å²) in [7, 11) is 0. The molecule has 0 bridgehead atoms. The van der Waals surface area contributed by atoms with Crippen molar-refractivity contribution in [2.45, 2.75) is 0 Å². The highest BCUT2D eigenvalue weighted by atomic mass is 15.0. The van der Waals surface area contributed by atoms with E-state index in [0.29, 0.717) is 0 Å². The van der Waals surface area contributed by atoms with Crippen LogP contribution in [0.1, 0.15) is 0 Å². The molecule has 0 aliphatic carbocycles. The van der Waals surface area contributed by atoms with Crippen LogP contribution in [0.25, 0.3) is 99.5 Å². The Hall–Kier alpha value is -7.42. The van der Waals surface area contributed by atoms with Gasteiger partial charge in [-0.2, -0.15) is 0 Å². The summed E-state index contributed by atoms with van der Waals surface area (Å²) in [6, 6.07) is 79.4. The Bertz CT molecular complexity index is 3220. The van der Waals surface area contributed by atoms with Crippen LogP contribution in [0.2, 0.25) is 0 Å². The third-order valence-corrected chi connectivity index (χ3v) is 11.3. The van der Waals surface area contributed by atoms with E-state index in [0.717, 1.165) is 11.4 Å². The maximum Gasteiger partial charge on any atom is 0.0547 e. The number of rotatable bonds is 6. The first-order chi connectivity index (χ1) is 27.8. The first-order valence-electron chi connectivity index (χ1n) is 19.3. The maximum absolute atomic E-state index is 2.44. The quantitative estimate of drug-likeness (QED) is 0.162. The highest BCUT2D eigenvalue weighted by molar-refractivity contribution is 6.17. The number of fused-ring (bicyclic) bond motifs is 6. The van der Waals surface area contributed by atoms with E-state index in [1.54, 1.807) is 0 Å². The molecular formula is C54H36N2. The van der Waals surface area contributed by atoms with Crippen molar-refractivity contribution in [3.05, 3.63) is 218 Å². The fraction of sp³-hybridized carbons (Fsp3) is 0. The fourth-order valence-corrected chi connectivity index (χ4v) is 8.73. The summed E-state index contributed by atoms with van der Waals surface area (Å²) in [5.74, 6) is 0. The lowest BCUT2D eigenvalue weighted by atomic mass is 9.97. The molecular weight excluding hydrogens is 677 g/mol. The molecule has 0 aliphatic rings. The second-order valence-electron chi connectivity index (χ2n) is 14.6. The topological polar surface area (TPSA) is 9.86 Å². The molecule has 0 amide bonds. The standard InChI is InChI=1S/C54H36N2/c1-4-15-37(16-5-1)40-21-12-23-44(33-40)55-50-27-11-10-25-47(50)48-35-42(29-31-51(48)55)43-30-32-52-49(36-43)54-46(39-19-8-3-9-20-39)26-14-28-53(54)56(52)45-24-13-22-41(34-45)38-17-6-2-7-18-38/h1-36H. The molecule has 11 rings (SSSR count). The molecule has 0 N–H and O–H groups in total. The van der Waals surface area contributed by atoms with Crippen LogP contribution >= 0.6 is 0 Å². The molecule has 262 valence electrons. The van der Waals surface area contributed by atoms with E-state index in [1.807, 2.05) is 0 Å². The minimum atomic E-state index is 1.15. The zero-order valence-corrected chi connectivity index (χ0v) is 30.7. The molecule has 2 aromatic heterocycles. The molecule has 0 saturated carbocycles. The summed E-state index contributed by atoms with van der Waals surface area (Å²) in [6.45, 7) is 0. The van der Waals surface area contributed by atoms with Crippen LogP contribution in [0, 0.1) is 0 Å². The van der Waals surface area contributed by atoms with Gasteiger partial charge in [-0.3, -0.25) is 0 Å². The molecule has 0 spiro atoms. The zero-order chi connectivity index (χ0) is 37.0. The summed E-state index contributed by atoms with van der Waals surface area (Å²) >= 11 is 0. The average molecular weight is 713 g/mol. The predicted octanol–water partition coefficient (Wildman–Crippen LogP) is 14.5. The molecule has 0 unspecified atom stereocenters. The van der Waals surface area contributed by atoms with E-state index in [2.05, 4.69) is 228 Å². The molecule has 9 aromatic carbocycles. The molecule has 0 atom stereocenters. The van der Waals surface area contributed by atoms with Gasteiger partial charge in [0, 0.05) is 32.9 Å². The molecule has 2 nitrogen and oxygen atoms in total. The van der Waals surface area contributed by atoms with E-state index in [-0.39, 0.29) is 0 Å². The van der Waals surface area contributed by atoms with Crippen molar-refractivity contribution in [3.63, 3.8) is 0 Å². The molecule has 0 aliphatic heterocycles. The van der Waals surface area contributed by atoms with E-state index in [1.165, 1.54) is 88.1 Å². The van der Waals surface area contributed by atoms with Crippen LogP contribution in [-0.4, -0.2) is 9.13 Å². The van der Waals surface area contributed by atoms with Crippen LogP contribution in [0.3, 0.4) is 0 Å². The fourth-order valence-electron chi connectivity index (χ4n) is 8.73. The van der Waals surface area contributed by atoms with Crippen molar-refractivity contribution < 1.29 is 0 Å². The van der Waals surface area contributed by atoms with Crippen molar-refractivity contribution in [1.82, 2.24) is 9.13 Å². The van der Waals surface area contributed by atoms with Gasteiger partial charge in [-0.25, -0.2) is 0 Å². The summed E-state index contributed by atoms with van der Waals surface area (Å²) in [6.07, 6.45) is 0. The highest BCUT2D eigenvalue weighted by Gasteiger charge is 2.19. The number of para-hydroxylation sites is 1. The summed E-state index contributed by atoms with van der Waals surface area (Å²) < 4.78 is 4.85. The molecule has 0 radical (unpaired) electrons. The monoisotopic (exact) mass is 712 g/mol. The van der Waals surface area contributed by atoms with E-state index in [4.69, 9.17) is 0 Å². The molecule has 56 heavy (non-hydrogen) atoms. The van der Waals surface area contributed by atoms with Crippen molar-refractivity contribution in [1.29, 1.82) is 0 Å². The predicted molar refractivity (Wildman–Crippen MR) is 237 cm³/mol. The Labute approximate surface area is 325 Å². The Balaban J connectivity index is 1.11. The number of aromatic nitrogens is 2. The van der Waals surface area contributed by atoms with E-state index in [9.17, 15) is 0 Å². The maximum atomic E-state index is 2.44. The molecule has 0 fully saturated rings. The van der Waals surface area contributed by atoms with Gasteiger partial charge in [0.1, 0.15) is 0 Å². The van der Waals surface area contributed by atoms with E-state index < -0.39 is 0 Å². The smallest absolute Gasteiger partial charge is 0.0547 e. The van der Waals surface area contributed by atoms with Gasteiger partial charge < -0.3 is 9.13 Å². The van der Waals surface area contributed by atoms with Gasteiger partial charge in [-0.1, -0.05) is 158 Å². The normalized spacial score (nSPS) is 11.6. The van der Waals surface area contributed by atoms with Crippen LogP contribution in [0.4, 0.5) is 0 Å². The lowest BCUT2D eigenvalue weighted by molar-refractivity contribution is 1.18. The summed E-state index contributed by atoms with van der Waals surface area (Å²) in [5.41, 5.74) is 16.8. The van der Waals surface area contributed by atoms with Gasteiger partial charge in [0.2, 0.25) is 0 Å². The summed E-state index contributed by atoms with van der Waals surface area (Å²) in [4.78, 5) is 0. The van der Waals surface area contributed by atoms with Crippen molar-refractivity contribution >= 4 is 43.6 Å². The molecule has 0 saturated heterocycles. The molecule has 2 heterocycles. The van der Waals surface area contributed by atoms with Crippen LogP contribution in [0.5, 0.6) is 0 Å². The van der Waals surface area contributed by atoms with Gasteiger partial charge in [0.15, 0.2) is 0 Å². The van der Waals surface area contributed by atoms with Gasteiger partial charge in [-0.05, 0) is 105 Å². The highest BCUT2D eigenvalue weighted by Crippen LogP contribution is 2.42. The largest absolute Gasteiger partial charge is 0.309 e. The number of hydrogen-bond acceptors (Lipinski definition) is 0. The van der Waals surface area contributed by atoms with Crippen LogP contribution < -0.4 is 0 Å². The first kappa shape index (κ1) is 32.0. The Morgan fingerprint density at radius 2 is 0.661 bits per heavy atom. The van der Waals surface area contributed by atoms with Crippen molar-refractivity contribution in [2.75, 3.05) is 0 Å². The molecule has 2 heteroatoms. The Kier molecular flexibility index (Phi) is 7.53. The number of benzene rings is 9. The molecule has 11 aromatic rings. The average Bonchev–Trinajstić information content (AvgIpc) is 3.80. The van der Waals surface area contributed by atoms with Gasteiger partial charge >= 0.3 is 0 Å². The SMILES string of the molecule is c1ccc(-c2cccc(-n3c4ccccc4c4cc(-c5ccc6c(c5)c5c(-c7ccccc7)cccc5n6-c5cccc(-c6ccccc6)c5)ccc43)c2)cc1. The summed E-state index contributed by atoms with van der Waals surface area (Å²) in [5, 5.41) is 4.99. The minimum Gasteiger partial charge on any atom is -0.309 e. The van der Waals surface area contributed by atoms with Gasteiger partial charge in [0.25, 0.3) is 0 Å². The van der Waals surface area contributed by atoms with Crippen molar-refractivity contribution in [3.8, 4) is 55.9 Å². The van der Waals surface area contributed by atoms with Gasteiger partial charge in [-0.15, -0.1) is 0 Å². The van der Waals surface area contributed by atoms with Crippen LogP contribution in [-0.2, 0) is 0 Å². The second-order valence-corrected chi connectivity index (χ2v) is 14.6. The Morgan fingerprint density at radius 3 is 1.29 bits per heavy atom. The van der Waals surface area contributed by atoms with Crippen LogP contribution in [0.15, 0.2) is 218 Å². The minimum absolute atomic E-state index is 1.15. The lowest BCUT2D eigenvalue weighted by Crippen LogP contribution is -1.94. The van der Waals surface area contributed by atoms with E-state index >= 15 is 0 Å². The number of hydrogen-bond donors (Lipinski definition) is 0. The zero-order valence-electron chi connectivity index (χ0n) is 30.7. The number of nitrogens with zero attached hydrogens (tertiary/aromatic N) is 2. The first-order valence-corrected chi connectivity index (χ1v) is 19.3. The third-order valence-electron chi connectivity index (χ3n) is 11.3. The third kappa shape index (κ3) is 5.26. The van der Waals surface area contributed by atoms with Gasteiger partial charge in [0.05, 0.1) is 22.1 Å². The lowest BCUT2D eigenvalue weighted by Gasteiger charge is -2.11.